The van der Waals surface area contributed by atoms with Crippen molar-refractivity contribution in [2.45, 2.75) is 31.1 Å². The summed E-state index contributed by atoms with van der Waals surface area (Å²) in [6, 6.07) is 6.22. The van der Waals surface area contributed by atoms with Gasteiger partial charge in [-0.15, -0.1) is 0 Å². The fraction of sp³-hybridized carbons (Fsp3) is 0.462. The Balaban J connectivity index is 2.03. The van der Waals surface area contributed by atoms with Crippen LogP contribution in [0.1, 0.15) is 26.2 Å². The fourth-order valence-electron chi connectivity index (χ4n) is 1.63. The summed E-state index contributed by atoms with van der Waals surface area (Å²) in [5.41, 5.74) is 0.631. The number of anilines is 1. The molecule has 1 amide bonds. The van der Waals surface area contributed by atoms with Crippen molar-refractivity contribution in [2.75, 3.05) is 11.9 Å². The highest BCUT2D eigenvalue weighted by molar-refractivity contribution is 7.89. The zero-order chi connectivity index (χ0) is 13.9. The lowest BCUT2D eigenvalue weighted by atomic mass is 10.3. The van der Waals surface area contributed by atoms with E-state index in [1.165, 1.54) is 12.1 Å². The van der Waals surface area contributed by atoms with Crippen molar-refractivity contribution in [1.29, 1.82) is 0 Å². The maximum atomic E-state index is 11.8. The van der Waals surface area contributed by atoms with E-state index in [-0.39, 0.29) is 16.7 Å². The highest BCUT2D eigenvalue weighted by atomic mass is 32.2. The second kappa shape index (κ2) is 5.71. The minimum absolute atomic E-state index is 0.0136. The van der Waals surface area contributed by atoms with Crippen LogP contribution in [0, 0.1) is 5.92 Å². The first-order valence-electron chi connectivity index (χ1n) is 6.43. The fourth-order valence-corrected chi connectivity index (χ4v) is 2.76. The van der Waals surface area contributed by atoms with Crippen LogP contribution in [0.15, 0.2) is 29.2 Å². The van der Waals surface area contributed by atoms with Crippen molar-refractivity contribution in [3.05, 3.63) is 24.3 Å². The average Bonchev–Trinajstić information content (AvgIpc) is 3.21. The summed E-state index contributed by atoms with van der Waals surface area (Å²) in [6.07, 6.45) is 2.63. The van der Waals surface area contributed by atoms with Crippen LogP contribution in [0.4, 0.5) is 5.69 Å². The van der Waals surface area contributed by atoms with E-state index in [0.717, 1.165) is 19.3 Å². The van der Waals surface area contributed by atoms with Crippen LogP contribution in [-0.4, -0.2) is 20.9 Å². The third-order valence-corrected chi connectivity index (χ3v) is 4.40. The first-order chi connectivity index (χ1) is 9.03. The zero-order valence-corrected chi connectivity index (χ0v) is 11.7. The molecule has 6 heteroatoms. The van der Waals surface area contributed by atoms with Crippen LogP contribution in [0.2, 0.25) is 0 Å². The largest absolute Gasteiger partial charge is 0.326 e. The van der Waals surface area contributed by atoms with E-state index in [0.29, 0.717) is 12.2 Å². The standard InChI is InChI=1S/C13H18N2O3S/c1-2-9-14-19(17,18)12-7-5-11(6-8-12)15-13(16)10-3-4-10/h5-8,10,14H,2-4,9H2,1H3,(H,15,16). The van der Waals surface area contributed by atoms with E-state index < -0.39 is 10.0 Å². The van der Waals surface area contributed by atoms with Gasteiger partial charge in [-0.1, -0.05) is 6.92 Å². The molecule has 0 unspecified atom stereocenters. The quantitative estimate of drug-likeness (QED) is 0.834. The molecule has 1 saturated carbocycles. The number of sulfonamides is 1. The molecule has 1 aromatic carbocycles. The Hall–Kier alpha value is -1.40. The van der Waals surface area contributed by atoms with Crippen molar-refractivity contribution in [3.63, 3.8) is 0 Å². The highest BCUT2D eigenvalue weighted by Crippen LogP contribution is 2.30. The van der Waals surface area contributed by atoms with Gasteiger partial charge in [0.2, 0.25) is 15.9 Å². The smallest absolute Gasteiger partial charge is 0.240 e. The van der Waals surface area contributed by atoms with Gasteiger partial charge in [0, 0.05) is 18.2 Å². The number of hydrogen-bond donors (Lipinski definition) is 2. The van der Waals surface area contributed by atoms with Gasteiger partial charge < -0.3 is 5.32 Å². The minimum Gasteiger partial charge on any atom is -0.326 e. The van der Waals surface area contributed by atoms with Gasteiger partial charge in [-0.3, -0.25) is 4.79 Å². The summed E-state index contributed by atoms with van der Waals surface area (Å²) >= 11 is 0. The number of nitrogens with one attached hydrogen (secondary N) is 2. The maximum Gasteiger partial charge on any atom is 0.240 e. The third-order valence-electron chi connectivity index (χ3n) is 2.92. The van der Waals surface area contributed by atoms with Crippen molar-refractivity contribution in [1.82, 2.24) is 4.72 Å². The topological polar surface area (TPSA) is 75.3 Å². The molecule has 0 aliphatic heterocycles. The van der Waals surface area contributed by atoms with Crippen molar-refractivity contribution in [2.24, 2.45) is 5.92 Å². The number of amides is 1. The summed E-state index contributed by atoms with van der Waals surface area (Å²) < 4.78 is 26.2. The minimum atomic E-state index is -3.43. The van der Waals surface area contributed by atoms with Gasteiger partial charge in [0.15, 0.2) is 0 Å². The second-order valence-electron chi connectivity index (χ2n) is 4.69. The molecule has 1 fully saturated rings. The first-order valence-corrected chi connectivity index (χ1v) is 7.92. The SMILES string of the molecule is CCCNS(=O)(=O)c1ccc(NC(=O)C2CC2)cc1. The predicted octanol–water partition coefficient (Wildman–Crippen LogP) is 1.72. The van der Waals surface area contributed by atoms with Crippen molar-refractivity contribution in [3.8, 4) is 0 Å². The molecule has 0 aromatic heterocycles. The molecule has 0 saturated heterocycles. The average molecular weight is 282 g/mol. The van der Waals surface area contributed by atoms with E-state index in [4.69, 9.17) is 0 Å². The lowest BCUT2D eigenvalue weighted by molar-refractivity contribution is -0.117. The molecule has 0 heterocycles. The van der Waals surface area contributed by atoms with Crippen LogP contribution < -0.4 is 10.0 Å². The maximum absolute atomic E-state index is 11.8. The molecule has 0 bridgehead atoms. The molecular weight excluding hydrogens is 264 g/mol. The Morgan fingerprint density at radius 1 is 1.26 bits per heavy atom. The van der Waals surface area contributed by atoms with E-state index in [1.807, 2.05) is 6.92 Å². The van der Waals surface area contributed by atoms with Gasteiger partial charge in [0.1, 0.15) is 0 Å². The molecule has 2 N–H and O–H groups in total. The number of carbonyl (C=O) groups is 1. The van der Waals surface area contributed by atoms with Crippen LogP contribution in [0.3, 0.4) is 0 Å². The van der Waals surface area contributed by atoms with E-state index >= 15 is 0 Å². The van der Waals surface area contributed by atoms with Gasteiger partial charge in [-0.2, -0.15) is 0 Å². The lowest BCUT2D eigenvalue weighted by Crippen LogP contribution is -2.24. The van der Waals surface area contributed by atoms with Crippen molar-refractivity contribution < 1.29 is 13.2 Å². The van der Waals surface area contributed by atoms with Crippen LogP contribution in [-0.2, 0) is 14.8 Å². The molecule has 0 spiro atoms. The van der Waals surface area contributed by atoms with Crippen LogP contribution in [0.5, 0.6) is 0 Å². The molecular formula is C13H18N2O3S. The molecule has 0 atom stereocenters. The molecule has 2 rings (SSSR count). The molecule has 0 radical (unpaired) electrons. The zero-order valence-electron chi connectivity index (χ0n) is 10.8. The Kier molecular flexibility index (Phi) is 4.21. The summed E-state index contributed by atoms with van der Waals surface area (Å²) in [6.45, 7) is 2.32. The Bertz CT molecular complexity index is 548. The monoisotopic (exact) mass is 282 g/mol. The number of rotatable bonds is 6. The highest BCUT2D eigenvalue weighted by Gasteiger charge is 2.29. The molecule has 19 heavy (non-hydrogen) atoms. The third kappa shape index (κ3) is 3.78. The number of benzene rings is 1. The molecule has 1 aromatic rings. The Morgan fingerprint density at radius 3 is 2.42 bits per heavy atom. The second-order valence-corrected chi connectivity index (χ2v) is 6.45. The van der Waals surface area contributed by atoms with Crippen LogP contribution in [0.25, 0.3) is 0 Å². The normalized spacial score (nSPS) is 15.2. The first kappa shape index (κ1) is 14.0. The van der Waals surface area contributed by atoms with E-state index in [9.17, 15) is 13.2 Å². The lowest BCUT2D eigenvalue weighted by Gasteiger charge is -2.07. The van der Waals surface area contributed by atoms with Gasteiger partial charge in [0.05, 0.1) is 4.90 Å². The molecule has 5 nitrogen and oxygen atoms in total. The van der Waals surface area contributed by atoms with Crippen LogP contribution >= 0.6 is 0 Å². The van der Waals surface area contributed by atoms with E-state index in [2.05, 4.69) is 10.0 Å². The summed E-state index contributed by atoms with van der Waals surface area (Å²) in [4.78, 5) is 11.8. The Morgan fingerprint density at radius 2 is 1.89 bits per heavy atom. The van der Waals surface area contributed by atoms with Gasteiger partial charge in [-0.05, 0) is 43.5 Å². The van der Waals surface area contributed by atoms with Gasteiger partial charge in [0.25, 0.3) is 0 Å². The number of carbonyl (C=O) groups excluding carboxylic acids is 1. The van der Waals surface area contributed by atoms with Gasteiger partial charge in [-0.25, -0.2) is 13.1 Å². The molecule has 104 valence electrons. The summed E-state index contributed by atoms with van der Waals surface area (Å²) in [5, 5.41) is 2.77. The number of hydrogen-bond acceptors (Lipinski definition) is 3. The molecule has 1 aliphatic rings. The van der Waals surface area contributed by atoms with Gasteiger partial charge >= 0.3 is 0 Å². The van der Waals surface area contributed by atoms with Crippen molar-refractivity contribution >= 4 is 21.6 Å². The van der Waals surface area contributed by atoms with E-state index in [1.54, 1.807) is 12.1 Å². The Labute approximate surface area is 113 Å². The summed E-state index contributed by atoms with van der Waals surface area (Å²) in [7, 11) is -3.43. The molecule has 1 aliphatic carbocycles. The summed E-state index contributed by atoms with van der Waals surface area (Å²) in [5.74, 6) is 0.148. The predicted molar refractivity (Wildman–Crippen MR) is 73.3 cm³/mol.